The fourth-order valence-corrected chi connectivity index (χ4v) is 2.61. The summed E-state index contributed by atoms with van der Waals surface area (Å²) in [5, 5.41) is 2.65. The Bertz CT molecular complexity index is 744. The number of para-hydroxylation sites is 2. The van der Waals surface area contributed by atoms with Crippen molar-refractivity contribution < 1.29 is 23.5 Å². The van der Waals surface area contributed by atoms with Crippen molar-refractivity contribution in [2.45, 2.75) is 19.1 Å². The third-order valence-electron chi connectivity index (χ3n) is 3.92. The molecular weight excluding hydrogens is 324 g/mol. The molecule has 0 radical (unpaired) electrons. The molecule has 1 N–H and O–H groups in total. The number of nitrogens with one attached hydrogen (secondary N) is 1. The fourth-order valence-electron chi connectivity index (χ4n) is 2.61. The quantitative estimate of drug-likeness (QED) is 0.893. The van der Waals surface area contributed by atoms with Crippen LogP contribution in [0.2, 0.25) is 0 Å². The van der Waals surface area contributed by atoms with Crippen LogP contribution in [0.3, 0.4) is 0 Å². The predicted octanol–water partition coefficient (Wildman–Crippen LogP) is 1.70. The molecule has 7 heteroatoms. The number of carbonyl (C=O) groups excluding carboxylic acids is 2. The Balaban J connectivity index is 1.53. The van der Waals surface area contributed by atoms with Gasteiger partial charge >= 0.3 is 0 Å². The van der Waals surface area contributed by atoms with E-state index in [9.17, 15) is 9.59 Å². The van der Waals surface area contributed by atoms with E-state index in [2.05, 4.69) is 5.32 Å². The molecule has 7 nitrogen and oxygen atoms in total. The molecule has 2 unspecified atom stereocenters. The van der Waals surface area contributed by atoms with Gasteiger partial charge in [-0.3, -0.25) is 9.59 Å². The van der Waals surface area contributed by atoms with Crippen molar-refractivity contribution in [3.63, 3.8) is 0 Å². The van der Waals surface area contributed by atoms with Gasteiger partial charge < -0.3 is 24.1 Å². The molecule has 2 atom stereocenters. The maximum atomic E-state index is 12.5. The van der Waals surface area contributed by atoms with E-state index in [1.165, 1.54) is 17.4 Å². The minimum atomic E-state index is -0.663. The molecule has 132 valence electrons. The van der Waals surface area contributed by atoms with Crippen LogP contribution in [-0.2, 0) is 4.79 Å². The monoisotopic (exact) mass is 344 g/mol. The number of hydrogen-bond acceptors (Lipinski definition) is 5. The van der Waals surface area contributed by atoms with Crippen LogP contribution < -0.4 is 14.8 Å². The van der Waals surface area contributed by atoms with Gasteiger partial charge in [-0.1, -0.05) is 12.1 Å². The van der Waals surface area contributed by atoms with Gasteiger partial charge in [0, 0.05) is 7.05 Å². The van der Waals surface area contributed by atoms with E-state index in [4.69, 9.17) is 13.9 Å². The van der Waals surface area contributed by atoms with Gasteiger partial charge in [0.05, 0.1) is 18.4 Å². The zero-order chi connectivity index (χ0) is 17.8. The van der Waals surface area contributed by atoms with Crippen molar-refractivity contribution in [1.29, 1.82) is 0 Å². The first-order valence-electron chi connectivity index (χ1n) is 8.01. The first-order valence-corrected chi connectivity index (χ1v) is 8.01. The van der Waals surface area contributed by atoms with E-state index in [0.717, 1.165) is 0 Å². The highest BCUT2D eigenvalue weighted by Crippen LogP contribution is 2.30. The van der Waals surface area contributed by atoms with Crippen LogP contribution >= 0.6 is 0 Å². The lowest BCUT2D eigenvalue weighted by Crippen LogP contribution is -2.49. The third kappa shape index (κ3) is 3.93. The first kappa shape index (κ1) is 16.9. The van der Waals surface area contributed by atoms with E-state index in [1.807, 2.05) is 24.3 Å². The molecule has 2 heterocycles. The summed E-state index contributed by atoms with van der Waals surface area (Å²) in [4.78, 5) is 26.0. The number of nitrogens with zero attached hydrogens (tertiary/aromatic N) is 1. The van der Waals surface area contributed by atoms with Gasteiger partial charge in [-0.2, -0.15) is 0 Å². The summed E-state index contributed by atoms with van der Waals surface area (Å²) in [6, 6.07) is 8.30. The molecule has 0 bridgehead atoms. The average Bonchev–Trinajstić information content (AvgIpc) is 3.15. The van der Waals surface area contributed by atoms with Gasteiger partial charge in [0.2, 0.25) is 5.91 Å². The fraction of sp³-hybridized carbons (Fsp3) is 0.333. The molecule has 0 saturated heterocycles. The predicted molar refractivity (Wildman–Crippen MR) is 89.6 cm³/mol. The highest BCUT2D eigenvalue weighted by molar-refractivity contribution is 5.97. The van der Waals surface area contributed by atoms with Gasteiger partial charge in [0.25, 0.3) is 5.91 Å². The van der Waals surface area contributed by atoms with Crippen molar-refractivity contribution in [1.82, 2.24) is 10.2 Å². The number of furan rings is 1. The molecule has 0 saturated carbocycles. The topological polar surface area (TPSA) is 81.0 Å². The molecule has 1 aromatic carbocycles. The molecule has 3 rings (SSSR count). The lowest BCUT2D eigenvalue weighted by molar-refractivity contribution is -0.132. The third-order valence-corrected chi connectivity index (χ3v) is 3.92. The van der Waals surface area contributed by atoms with Crippen molar-refractivity contribution in [3.8, 4) is 11.5 Å². The molecule has 0 aliphatic carbocycles. The Morgan fingerprint density at radius 2 is 2.04 bits per heavy atom. The summed E-state index contributed by atoms with van der Waals surface area (Å²) >= 11 is 0. The Labute approximate surface area is 145 Å². The highest BCUT2D eigenvalue weighted by Gasteiger charge is 2.26. The van der Waals surface area contributed by atoms with Crippen molar-refractivity contribution in [2.24, 2.45) is 0 Å². The normalized spacial score (nSPS) is 16.8. The molecule has 0 spiro atoms. The van der Waals surface area contributed by atoms with Crippen LogP contribution in [0.1, 0.15) is 17.3 Å². The second-order valence-corrected chi connectivity index (χ2v) is 5.92. The van der Waals surface area contributed by atoms with Crippen LogP contribution in [0, 0.1) is 0 Å². The summed E-state index contributed by atoms with van der Waals surface area (Å²) in [6.45, 7) is 2.37. The summed E-state index contributed by atoms with van der Waals surface area (Å²) in [5.41, 5.74) is 0.378. The van der Waals surface area contributed by atoms with E-state index in [1.54, 1.807) is 20.0 Å². The van der Waals surface area contributed by atoms with Crippen LogP contribution in [0.5, 0.6) is 11.5 Å². The van der Waals surface area contributed by atoms with Crippen LogP contribution in [-0.4, -0.2) is 49.1 Å². The summed E-state index contributed by atoms with van der Waals surface area (Å²) in [7, 11) is 1.67. The number of rotatable bonds is 5. The lowest BCUT2D eigenvalue weighted by Gasteiger charge is -2.30. The minimum Gasteiger partial charge on any atom is -0.486 e. The van der Waals surface area contributed by atoms with E-state index in [0.29, 0.717) is 30.2 Å². The SMILES string of the molecule is CC(NC(=O)c1ccoc1)C(=O)N(C)CC1COc2ccccc2O1. The molecule has 2 amide bonds. The molecule has 2 aromatic rings. The minimum absolute atomic E-state index is 0.209. The first-order chi connectivity index (χ1) is 12.0. The Hall–Kier alpha value is -2.96. The zero-order valence-electron chi connectivity index (χ0n) is 14.1. The molecule has 1 aromatic heterocycles. The maximum absolute atomic E-state index is 12.5. The molecule has 0 fully saturated rings. The van der Waals surface area contributed by atoms with E-state index < -0.39 is 6.04 Å². The molecule has 1 aliphatic heterocycles. The van der Waals surface area contributed by atoms with Crippen LogP contribution in [0.25, 0.3) is 0 Å². The van der Waals surface area contributed by atoms with Crippen molar-refractivity contribution in [3.05, 3.63) is 48.4 Å². The smallest absolute Gasteiger partial charge is 0.255 e. The summed E-state index contributed by atoms with van der Waals surface area (Å²) < 4.78 is 16.4. The van der Waals surface area contributed by atoms with E-state index >= 15 is 0 Å². The zero-order valence-corrected chi connectivity index (χ0v) is 14.1. The Kier molecular flexibility index (Phi) is 4.92. The number of fused-ring (bicyclic) bond motifs is 1. The number of benzene rings is 1. The van der Waals surface area contributed by atoms with E-state index in [-0.39, 0.29) is 17.9 Å². The number of carbonyl (C=O) groups is 2. The largest absolute Gasteiger partial charge is 0.486 e. The molecule has 25 heavy (non-hydrogen) atoms. The Morgan fingerprint density at radius 3 is 2.76 bits per heavy atom. The number of amides is 2. The van der Waals surface area contributed by atoms with Gasteiger partial charge in [-0.05, 0) is 25.1 Å². The lowest BCUT2D eigenvalue weighted by atomic mass is 10.2. The Morgan fingerprint density at radius 1 is 1.28 bits per heavy atom. The summed E-state index contributed by atoms with van der Waals surface area (Å²) in [5.74, 6) is 0.808. The van der Waals surface area contributed by atoms with Crippen molar-refractivity contribution in [2.75, 3.05) is 20.2 Å². The number of hydrogen-bond donors (Lipinski definition) is 1. The number of ether oxygens (including phenoxy) is 2. The number of likely N-dealkylation sites (N-methyl/N-ethyl adjacent to an activating group) is 1. The van der Waals surface area contributed by atoms with Crippen molar-refractivity contribution >= 4 is 11.8 Å². The van der Waals surface area contributed by atoms with Gasteiger partial charge in [-0.25, -0.2) is 0 Å². The summed E-state index contributed by atoms with van der Waals surface area (Å²) in [6.07, 6.45) is 2.48. The molecule has 1 aliphatic rings. The van der Waals surface area contributed by atoms with Crippen LogP contribution in [0.15, 0.2) is 47.3 Å². The van der Waals surface area contributed by atoms with Crippen LogP contribution in [0.4, 0.5) is 0 Å². The maximum Gasteiger partial charge on any atom is 0.255 e. The highest BCUT2D eigenvalue weighted by atomic mass is 16.6. The molecular formula is C18H20N2O5. The van der Waals surface area contributed by atoms with Gasteiger partial charge in [0.15, 0.2) is 17.6 Å². The average molecular weight is 344 g/mol. The second-order valence-electron chi connectivity index (χ2n) is 5.92. The van der Waals surface area contributed by atoms with Gasteiger partial charge in [0.1, 0.15) is 18.9 Å². The van der Waals surface area contributed by atoms with Gasteiger partial charge in [-0.15, -0.1) is 0 Å². The standard InChI is InChI=1S/C18H20N2O5/c1-12(19-17(21)13-7-8-23-10-13)18(22)20(2)9-14-11-24-15-5-3-4-6-16(15)25-14/h3-8,10,12,14H,9,11H2,1-2H3,(H,19,21). The second kappa shape index (κ2) is 7.29.